The second kappa shape index (κ2) is 5.25. The van der Waals surface area contributed by atoms with Crippen LogP contribution < -0.4 is 0 Å². The summed E-state index contributed by atoms with van der Waals surface area (Å²) in [5.41, 5.74) is 0.325. The van der Waals surface area contributed by atoms with Crippen LogP contribution in [-0.4, -0.2) is 11.1 Å². The molecule has 0 saturated heterocycles. The van der Waals surface area contributed by atoms with Crippen molar-refractivity contribution in [3.63, 3.8) is 0 Å². The molecule has 13 heavy (non-hydrogen) atoms. The monoisotopic (exact) mass is 186 g/mol. The lowest BCUT2D eigenvalue weighted by Gasteiger charge is -2.21. The van der Waals surface area contributed by atoms with Gasteiger partial charge in [0, 0.05) is 6.42 Å². The summed E-state index contributed by atoms with van der Waals surface area (Å²) in [4.78, 5) is 10.5. The zero-order valence-corrected chi connectivity index (χ0v) is 9.26. The molecule has 2 heteroatoms. The zero-order valence-electron chi connectivity index (χ0n) is 9.26. The van der Waals surface area contributed by atoms with E-state index in [0.717, 1.165) is 19.3 Å². The molecule has 78 valence electrons. The summed E-state index contributed by atoms with van der Waals surface area (Å²) in [6.07, 6.45) is 3.44. The van der Waals surface area contributed by atoms with Crippen LogP contribution in [0, 0.1) is 11.3 Å². The molecular weight excluding hydrogens is 164 g/mol. The van der Waals surface area contributed by atoms with Gasteiger partial charge < -0.3 is 5.11 Å². The van der Waals surface area contributed by atoms with Gasteiger partial charge in [0.25, 0.3) is 0 Å². The standard InChI is InChI=1S/C11H22O2/c1-5-9(8-10(12)13)6-7-11(2,3)4/h9H,5-8H2,1-4H3,(H,12,13). The Labute approximate surface area is 81.3 Å². The van der Waals surface area contributed by atoms with E-state index in [4.69, 9.17) is 5.11 Å². The third-order valence-corrected chi connectivity index (χ3v) is 2.34. The summed E-state index contributed by atoms with van der Waals surface area (Å²) in [6.45, 7) is 8.65. The summed E-state index contributed by atoms with van der Waals surface area (Å²) in [6, 6.07) is 0. The van der Waals surface area contributed by atoms with Gasteiger partial charge in [-0.25, -0.2) is 0 Å². The third kappa shape index (κ3) is 7.82. The van der Waals surface area contributed by atoms with Crippen LogP contribution in [0.5, 0.6) is 0 Å². The molecule has 2 nitrogen and oxygen atoms in total. The first-order valence-corrected chi connectivity index (χ1v) is 5.07. The first-order chi connectivity index (χ1) is 5.85. The van der Waals surface area contributed by atoms with E-state index in [1.807, 2.05) is 0 Å². The van der Waals surface area contributed by atoms with Crippen molar-refractivity contribution in [2.75, 3.05) is 0 Å². The van der Waals surface area contributed by atoms with E-state index in [9.17, 15) is 4.79 Å². The molecule has 0 aromatic rings. The Hall–Kier alpha value is -0.530. The fourth-order valence-corrected chi connectivity index (χ4v) is 1.33. The van der Waals surface area contributed by atoms with Gasteiger partial charge in [-0.2, -0.15) is 0 Å². The molecule has 0 aromatic heterocycles. The van der Waals surface area contributed by atoms with Crippen LogP contribution >= 0.6 is 0 Å². The molecule has 0 bridgehead atoms. The maximum Gasteiger partial charge on any atom is 0.303 e. The predicted octanol–water partition coefficient (Wildman–Crippen LogP) is 3.31. The Morgan fingerprint density at radius 3 is 2.23 bits per heavy atom. The van der Waals surface area contributed by atoms with Crippen molar-refractivity contribution < 1.29 is 9.90 Å². The Kier molecular flexibility index (Phi) is 5.04. The van der Waals surface area contributed by atoms with Crippen molar-refractivity contribution in [2.24, 2.45) is 11.3 Å². The van der Waals surface area contributed by atoms with Gasteiger partial charge in [0.1, 0.15) is 0 Å². The average Bonchev–Trinajstić information content (AvgIpc) is 1.95. The van der Waals surface area contributed by atoms with Crippen LogP contribution in [0.15, 0.2) is 0 Å². The number of carboxylic acid groups (broad SMARTS) is 1. The van der Waals surface area contributed by atoms with Gasteiger partial charge in [-0.3, -0.25) is 4.79 Å². The van der Waals surface area contributed by atoms with Crippen molar-refractivity contribution >= 4 is 5.97 Å². The van der Waals surface area contributed by atoms with Gasteiger partial charge in [-0.05, 0) is 24.2 Å². The lowest BCUT2D eigenvalue weighted by atomic mass is 9.85. The van der Waals surface area contributed by atoms with Gasteiger partial charge >= 0.3 is 5.97 Å². The number of rotatable bonds is 5. The minimum Gasteiger partial charge on any atom is -0.481 e. The minimum atomic E-state index is -0.666. The summed E-state index contributed by atoms with van der Waals surface area (Å²) >= 11 is 0. The van der Waals surface area contributed by atoms with Gasteiger partial charge in [-0.1, -0.05) is 34.1 Å². The third-order valence-electron chi connectivity index (χ3n) is 2.34. The molecule has 0 aliphatic heterocycles. The zero-order chi connectivity index (χ0) is 10.5. The van der Waals surface area contributed by atoms with Gasteiger partial charge in [0.05, 0.1) is 0 Å². The summed E-state index contributed by atoms with van der Waals surface area (Å²) < 4.78 is 0. The maximum atomic E-state index is 10.5. The molecule has 0 saturated carbocycles. The highest BCUT2D eigenvalue weighted by Crippen LogP contribution is 2.26. The Bertz CT molecular complexity index is 156. The molecule has 0 radical (unpaired) electrons. The molecule has 0 aliphatic rings. The Balaban J connectivity index is 3.79. The molecule has 0 rings (SSSR count). The lowest BCUT2D eigenvalue weighted by molar-refractivity contribution is -0.138. The van der Waals surface area contributed by atoms with Crippen molar-refractivity contribution in [2.45, 2.75) is 53.4 Å². The molecule has 0 spiro atoms. The van der Waals surface area contributed by atoms with Crippen LogP contribution in [0.1, 0.15) is 53.4 Å². The van der Waals surface area contributed by atoms with Crippen LogP contribution in [0.4, 0.5) is 0 Å². The van der Waals surface area contributed by atoms with E-state index in [1.165, 1.54) is 0 Å². The first kappa shape index (κ1) is 12.5. The van der Waals surface area contributed by atoms with Crippen molar-refractivity contribution in [1.29, 1.82) is 0 Å². The molecule has 1 N–H and O–H groups in total. The fraction of sp³-hybridized carbons (Fsp3) is 0.909. The van der Waals surface area contributed by atoms with E-state index in [1.54, 1.807) is 0 Å². The molecule has 1 atom stereocenters. The number of carboxylic acids is 1. The molecule has 1 unspecified atom stereocenters. The van der Waals surface area contributed by atoms with E-state index in [2.05, 4.69) is 27.7 Å². The molecule has 0 amide bonds. The van der Waals surface area contributed by atoms with Crippen LogP contribution in [-0.2, 0) is 4.79 Å². The second-order valence-corrected chi connectivity index (χ2v) is 4.97. The second-order valence-electron chi connectivity index (χ2n) is 4.97. The number of hydrogen-bond donors (Lipinski definition) is 1. The quantitative estimate of drug-likeness (QED) is 0.715. The molecule has 0 aliphatic carbocycles. The largest absolute Gasteiger partial charge is 0.481 e. The Morgan fingerprint density at radius 1 is 1.38 bits per heavy atom. The summed E-state index contributed by atoms with van der Waals surface area (Å²) in [7, 11) is 0. The van der Waals surface area contributed by atoms with E-state index >= 15 is 0 Å². The normalized spacial score (nSPS) is 14.2. The van der Waals surface area contributed by atoms with E-state index in [-0.39, 0.29) is 0 Å². The Morgan fingerprint density at radius 2 is 1.92 bits per heavy atom. The fourth-order valence-electron chi connectivity index (χ4n) is 1.33. The number of aliphatic carboxylic acids is 1. The summed E-state index contributed by atoms with van der Waals surface area (Å²) in [5, 5.41) is 8.64. The molecule has 0 aromatic carbocycles. The maximum absolute atomic E-state index is 10.5. The van der Waals surface area contributed by atoms with Crippen LogP contribution in [0.2, 0.25) is 0 Å². The van der Waals surface area contributed by atoms with Crippen LogP contribution in [0.3, 0.4) is 0 Å². The molecule has 0 fully saturated rings. The van der Waals surface area contributed by atoms with Crippen molar-refractivity contribution in [3.8, 4) is 0 Å². The predicted molar refractivity (Wildman–Crippen MR) is 54.7 cm³/mol. The van der Waals surface area contributed by atoms with Crippen LogP contribution in [0.25, 0.3) is 0 Å². The van der Waals surface area contributed by atoms with Gasteiger partial charge in [-0.15, -0.1) is 0 Å². The highest BCUT2D eigenvalue weighted by Gasteiger charge is 2.16. The van der Waals surface area contributed by atoms with E-state index in [0.29, 0.717) is 17.8 Å². The van der Waals surface area contributed by atoms with Gasteiger partial charge in [0.15, 0.2) is 0 Å². The number of hydrogen-bond acceptors (Lipinski definition) is 1. The van der Waals surface area contributed by atoms with Crippen molar-refractivity contribution in [1.82, 2.24) is 0 Å². The number of carbonyl (C=O) groups is 1. The summed E-state index contributed by atoms with van der Waals surface area (Å²) in [5.74, 6) is -0.308. The van der Waals surface area contributed by atoms with E-state index < -0.39 is 5.97 Å². The smallest absolute Gasteiger partial charge is 0.303 e. The van der Waals surface area contributed by atoms with Crippen molar-refractivity contribution in [3.05, 3.63) is 0 Å². The highest BCUT2D eigenvalue weighted by molar-refractivity contribution is 5.66. The minimum absolute atomic E-state index is 0.325. The SMILES string of the molecule is CCC(CCC(C)(C)C)CC(=O)O. The topological polar surface area (TPSA) is 37.3 Å². The molecule has 0 heterocycles. The lowest BCUT2D eigenvalue weighted by Crippen LogP contribution is -2.12. The average molecular weight is 186 g/mol. The first-order valence-electron chi connectivity index (χ1n) is 5.07. The highest BCUT2D eigenvalue weighted by atomic mass is 16.4. The molecular formula is C11H22O2. The van der Waals surface area contributed by atoms with Gasteiger partial charge in [0.2, 0.25) is 0 Å².